The third-order valence-electron chi connectivity index (χ3n) is 5.67. The average molecular weight is 498 g/mol. The number of carboxylic acid groups (broad SMARTS) is 1. The summed E-state index contributed by atoms with van der Waals surface area (Å²) in [6.07, 6.45) is 0.825. The average Bonchev–Trinajstić information content (AvgIpc) is 3.10. The molecule has 4 rings (SSSR count). The van der Waals surface area contributed by atoms with E-state index < -0.39 is 16.0 Å². The number of aliphatic carboxylic acids is 1. The molecule has 0 spiro atoms. The zero-order valence-electron chi connectivity index (χ0n) is 18.6. The minimum atomic E-state index is -3.90. The second-order valence-electron chi connectivity index (χ2n) is 7.99. The maximum Gasteiger partial charge on any atom is 0.303 e. The number of benzene rings is 3. The molecule has 0 amide bonds. The van der Waals surface area contributed by atoms with E-state index in [0.717, 1.165) is 16.5 Å². The van der Waals surface area contributed by atoms with Gasteiger partial charge < -0.3 is 9.84 Å². The fraction of sp³-hybridized carbons (Fsp3) is 0.192. The Hall–Kier alpha value is -3.29. The van der Waals surface area contributed by atoms with Crippen LogP contribution in [0.15, 0.2) is 77.7 Å². The van der Waals surface area contributed by atoms with Crippen LogP contribution in [-0.4, -0.2) is 23.5 Å². The number of ether oxygens (including phenoxy) is 1. The lowest BCUT2D eigenvalue weighted by molar-refractivity contribution is -0.137. The van der Waals surface area contributed by atoms with Crippen LogP contribution in [0.2, 0.25) is 5.02 Å². The highest BCUT2D eigenvalue weighted by molar-refractivity contribution is 7.90. The Kier molecular flexibility index (Phi) is 6.95. The first-order valence-electron chi connectivity index (χ1n) is 10.8. The summed E-state index contributed by atoms with van der Waals surface area (Å²) < 4.78 is 34.4. The van der Waals surface area contributed by atoms with E-state index in [1.807, 2.05) is 36.4 Å². The number of aryl methyl sites for hydroxylation is 1. The van der Waals surface area contributed by atoms with Crippen LogP contribution in [0.25, 0.3) is 10.9 Å². The molecule has 1 N–H and O–H groups in total. The summed E-state index contributed by atoms with van der Waals surface area (Å²) in [5.41, 5.74) is 2.88. The standard InChI is InChI=1S/C26H24ClNO5S/c1-18-23(8-5-9-26(29)30)24-16-21(33-17-19-6-3-2-4-7-19)12-15-25(24)28(18)34(31,32)22-13-10-20(27)11-14-22/h2-4,6-7,10-16H,5,8-9,17H2,1H3,(H,29,30). The third-order valence-corrected chi connectivity index (χ3v) is 7.74. The molecule has 1 heterocycles. The number of carboxylic acids is 1. The molecule has 1 aromatic heterocycles. The molecule has 0 saturated heterocycles. The van der Waals surface area contributed by atoms with Gasteiger partial charge in [0.05, 0.1) is 10.4 Å². The van der Waals surface area contributed by atoms with Gasteiger partial charge in [0.25, 0.3) is 10.0 Å². The monoisotopic (exact) mass is 497 g/mol. The van der Waals surface area contributed by atoms with Crippen LogP contribution in [0.3, 0.4) is 0 Å². The molecule has 176 valence electrons. The Balaban J connectivity index is 1.78. The van der Waals surface area contributed by atoms with Crippen LogP contribution in [0.4, 0.5) is 0 Å². The van der Waals surface area contributed by atoms with Gasteiger partial charge in [0.2, 0.25) is 0 Å². The zero-order chi connectivity index (χ0) is 24.3. The Morgan fingerprint density at radius 3 is 2.41 bits per heavy atom. The van der Waals surface area contributed by atoms with E-state index in [2.05, 4.69) is 0 Å². The first-order chi connectivity index (χ1) is 16.3. The molecule has 4 aromatic rings. The van der Waals surface area contributed by atoms with Gasteiger partial charge in [-0.05, 0) is 73.4 Å². The van der Waals surface area contributed by atoms with E-state index >= 15 is 0 Å². The van der Waals surface area contributed by atoms with Gasteiger partial charge in [0.1, 0.15) is 12.4 Å². The van der Waals surface area contributed by atoms with Crippen LogP contribution in [-0.2, 0) is 27.8 Å². The van der Waals surface area contributed by atoms with E-state index in [1.54, 1.807) is 31.2 Å². The summed E-state index contributed by atoms with van der Waals surface area (Å²) in [6, 6.07) is 21.1. The van der Waals surface area contributed by atoms with E-state index in [0.29, 0.717) is 41.4 Å². The predicted octanol–water partition coefficient (Wildman–Crippen LogP) is 5.83. The second kappa shape index (κ2) is 9.91. The fourth-order valence-electron chi connectivity index (χ4n) is 4.02. The van der Waals surface area contributed by atoms with Crippen LogP contribution in [0.5, 0.6) is 5.75 Å². The Morgan fingerprint density at radius 2 is 1.74 bits per heavy atom. The molecule has 6 nitrogen and oxygen atoms in total. The van der Waals surface area contributed by atoms with Crippen molar-refractivity contribution in [1.29, 1.82) is 0 Å². The van der Waals surface area contributed by atoms with Crippen molar-refractivity contribution >= 4 is 38.5 Å². The SMILES string of the molecule is Cc1c(CCCC(=O)O)c2cc(OCc3ccccc3)ccc2n1S(=O)(=O)c1ccc(Cl)cc1. The summed E-state index contributed by atoms with van der Waals surface area (Å²) in [5, 5.41) is 10.2. The number of nitrogens with zero attached hydrogens (tertiary/aromatic N) is 1. The fourth-order valence-corrected chi connectivity index (χ4v) is 5.72. The molecule has 0 radical (unpaired) electrons. The summed E-state index contributed by atoms with van der Waals surface area (Å²) >= 11 is 5.95. The van der Waals surface area contributed by atoms with Crippen molar-refractivity contribution in [3.8, 4) is 5.75 Å². The van der Waals surface area contributed by atoms with Gasteiger partial charge in [-0.3, -0.25) is 4.79 Å². The molecule has 3 aromatic carbocycles. The van der Waals surface area contributed by atoms with Gasteiger partial charge in [-0.15, -0.1) is 0 Å². The number of hydrogen-bond acceptors (Lipinski definition) is 4. The molecular formula is C26H24ClNO5S. The Labute approximate surface area is 203 Å². The van der Waals surface area contributed by atoms with Crippen LogP contribution in [0.1, 0.15) is 29.7 Å². The van der Waals surface area contributed by atoms with Crippen molar-refractivity contribution in [2.24, 2.45) is 0 Å². The zero-order valence-corrected chi connectivity index (χ0v) is 20.1. The van der Waals surface area contributed by atoms with Gasteiger partial charge in [-0.2, -0.15) is 0 Å². The van der Waals surface area contributed by atoms with Crippen molar-refractivity contribution in [2.45, 2.75) is 37.7 Å². The quantitative estimate of drug-likeness (QED) is 0.314. The lowest BCUT2D eigenvalue weighted by atomic mass is 10.0. The molecule has 0 saturated carbocycles. The second-order valence-corrected chi connectivity index (χ2v) is 10.2. The van der Waals surface area contributed by atoms with Crippen LogP contribution in [0, 0.1) is 6.92 Å². The van der Waals surface area contributed by atoms with Gasteiger partial charge in [0, 0.05) is 22.5 Å². The van der Waals surface area contributed by atoms with Crippen molar-refractivity contribution in [1.82, 2.24) is 3.97 Å². The Morgan fingerprint density at radius 1 is 1.03 bits per heavy atom. The minimum Gasteiger partial charge on any atom is -0.489 e. The molecule has 0 aliphatic heterocycles. The van der Waals surface area contributed by atoms with E-state index in [-0.39, 0.29) is 11.3 Å². The molecule has 34 heavy (non-hydrogen) atoms. The van der Waals surface area contributed by atoms with Crippen molar-refractivity contribution in [3.05, 3.63) is 94.6 Å². The minimum absolute atomic E-state index is 0.000244. The highest BCUT2D eigenvalue weighted by Gasteiger charge is 2.25. The summed E-state index contributed by atoms with van der Waals surface area (Å²) in [7, 11) is -3.90. The first kappa shape index (κ1) is 23.9. The predicted molar refractivity (Wildman–Crippen MR) is 132 cm³/mol. The largest absolute Gasteiger partial charge is 0.489 e. The highest BCUT2D eigenvalue weighted by atomic mass is 35.5. The molecule has 0 unspecified atom stereocenters. The third kappa shape index (κ3) is 4.95. The van der Waals surface area contributed by atoms with Gasteiger partial charge in [-0.25, -0.2) is 12.4 Å². The lowest BCUT2D eigenvalue weighted by Gasteiger charge is -2.11. The first-order valence-corrected chi connectivity index (χ1v) is 12.6. The van der Waals surface area contributed by atoms with Crippen molar-refractivity contribution in [3.63, 3.8) is 0 Å². The highest BCUT2D eigenvalue weighted by Crippen LogP contribution is 2.34. The summed E-state index contributed by atoms with van der Waals surface area (Å²) in [4.78, 5) is 11.2. The number of aromatic nitrogens is 1. The van der Waals surface area contributed by atoms with Crippen molar-refractivity contribution in [2.75, 3.05) is 0 Å². The maximum atomic E-state index is 13.6. The van der Waals surface area contributed by atoms with Crippen LogP contribution < -0.4 is 4.74 Å². The number of halogens is 1. The van der Waals surface area contributed by atoms with E-state index in [4.69, 9.17) is 21.4 Å². The molecule has 0 aliphatic rings. The van der Waals surface area contributed by atoms with Crippen molar-refractivity contribution < 1.29 is 23.1 Å². The normalized spacial score (nSPS) is 11.6. The number of fused-ring (bicyclic) bond motifs is 1. The summed E-state index contributed by atoms with van der Waals surface area (Å²) in [6.45, 7) is 2.12. The van der Waals surface area contributed by atoms with Gasteiger partial charge in [-0.1, -0.05) is 41.9 Å². The summed E-state index contributed by atoms with van der Waals surface area (Å²) in [5.74, 6) is -0.279. The smallest absolute Gasteiger partial charge is 0.303 e. The van der Waals surface area contributed by atoms with E-state index in [1.165, 1.54) is 16.1 Å². The lowest BCUT2D eigenvalue weighted by Crippen LogP contribution is -2.14. The maximum absolute atomic E-state index is 13.6. The topological polar surface area (TPSA) is 85.6 Å². The number of carbonyl (C=O) groups is 1. The molecule has 0 bridgehead atoms. The molecule has 8 heteroatoms. The Bertz CT molecular complexity index is 1430. The van der Waals surface area contributed by atoms with E-state index in [9.17, 15) is 13.2 Å². The number of hydrogen-bond donors (Lipinski definition) is 1. The van der Waals surface area contributed by atoms with Gasteiger partial charge >= 0.3 is 5.97 Å². The molecular weight excluding hydrogens is 474 g/mol. The molecule has 0 atom stereocenters. The number of rotatable bonds is 9. The molecule has 0 fully saturated rings. The van der Waals surface area contributed by atoms with Gasteiger partial charge in [0.15, 0.2) is 0 Å². The van der Waals surface area contributed by atoms with Crippen LogP contribution >= 0.6 is 11.6 Å². The molecule has 0 aliphatic carbocycles.